The van der Waals surface area contributed by atoms with Crippen molar-refractivity contribution in [2.24, 2.45) is 5.92 Å². The van der Waals surface area contributed by atoms with Crippen LogP contribution in [0.15, 0.2) is 24.3 Å². The lowest BCUT2D eigenvalue weighted by Crippen LogP contribution is -2.45. The Morgan fingerprint density at radius 3 is 2.77 bits per heavy atom. The molecule has 142 valence electrons. The first-order chi connectivity index (χ1) is 12.7. The van der Waals surface area contributed by atoms with Crippen LogP contribution in [0.4, 0.5) is 0 Å². The molecule has 1 atom stereocenters. The largest absolute Gasteiger partial charge is 0.362 e. The molecule has 2 heterocycles. The van der Waals surface area contributed by atoms with Crippen LogP contribution in [0, 0.1) is 5.92 Å². The van der Waals surface area contributed by atoms with Gasteiger partial charge in [-0.25, -0.2) is 4.98 Å². The number of thiazole rings is 1. The van der Waals surface area contributed by atoms with Gasteiger partial charge in [0.05, 0.1) is 15.2 Å². The number of likely N-dealkylation sites (tertiary alicyclic amines) is 1. The third-order valence-electron chi connectivity index (χ3n) is 5.53. The van der Waals surface area contributed by atoms with E-state index in [0.29, 0.717) is 5.92 Å². The number of piperidine rings is 1. The Morgan fingerprint density at radius 1 is 1.31 bits per heavy atom. The van der Waals surface area contributed by atoms with Crippen molar-refractivity contribution in [2.75, 3.05) is 19.6 Å². The quantitative estimate of drug-likeness (QED) is 0.627. The van der Waals surface area contributed by atoms with Crippen molar-refractivity contribution in [3.8, 4) is 0 Å². The molecule has 0 amide bonds. The molecule has 0 radical (unpaired) electrons. The number of fused-ring (bicyclic) bond motifs is 1. The molecule has 1 aliphatic rings. The summed E-state index contributed by atoms with van der Waals surface area (Å²) in [6, 6.07) is 8.46. The fraction of sp³-hybridized carbons (Fsp3) is 0.619. The summed E-state index contributed by atoms with van der Waals surface area (Å²) < 4.78 is 1.31. The lowest BCUT2D eigenvalue weighted by molar-refractivity contribution is 0.306. The van der Waals surface area contributed by atoms with E-state index in [1.165, 1.54) is 35.4 Å². The number of hydrogen-bond donors (Lipinski definition) is 1. The topological polar surface area (TPSA) is 28.2 Å². The molecule has 3 nitrogen and oxygen atoms in total. The molecule has 1 aromatic carbocycles. The van der Waals surface area contributed by atoms with Crippen molar-refractivity contribution in [1.29, 1.82) is 0 Å². The first-order valence-corrected chi connectivity index (χ1v) is 11.3. The molecule has 0 saturated carbocycles. The number of unbranched alkanes of at least 4 members (excludes halogenated alkanes) is 1. The minimum atomic E-state index is 0.583. The van der Waals surface area contributed by atoms with Gasteiger partial charge in [-0.15, -0.1) is 11.3 Å². The summed E-state index contributed by atoms with van der Waals surface area (Å²) in [6.45, 7) is 7.65. The highest BCUT2D eigenvalue weighted by Crippen LogP contribution is 2.33. The van der Waals surface area contributed by atoms with E-state index in [9.17, 15) is 0 Å². The highest BCUT2D eigenvalue weighted by Gasteiger charge is 2.24. The Labute approximate surface area is 167 Å². The van der Waals surface area contributed by atoms with Gasteiger partial charge in [0, 0.05) is 25.6 Å². The van der Waals surface area contributed by atoms with E-state index >= 15 is 0 Å². The van der Waals surface area contributed by atoms with Gasteiger partial charge >= 0.3 is 0 Å². The van der Waals surface area contributed by atoms with Crippen LogP contribution in [0.5, 0.6) is 0 Å². The number of hydrogen-bond acceptors (Lipinski definition) is 3. The molecule has 0 aliphatic carbocycles. The number of para-hydroxylation sites is 1. The summed E-state index contributed by atoms with van der Waals surface area (Å²) in [6.07, 6.45) is 7.43. The molecule has 0 spiro atoms. The summed E-state index contributed by atoms with van der Waals surface area (Å²) in [7, 11) is 0. The van der Waals surface area contributed by atoms with Crippen molar-refractivity contribution in [2.45, 2.75) is 58.3 Å². The van der Waals surface area contributed by atoms with E-state index < -0.39 is 0 Å². The van der Waals surface area contributed by atoms with Gasteiger partial charge in [0.15, 0.2) is 5.11 Å². The molecule has 1 aliphatic heterocycles. The van der Waals surface area contributed by atoms with Crippen LogP contribution in [-0.2, 0) is 0 Å². The maximum atomic E-state index is 5.66. The predicted octanol–water partition coefficient (Wildman–Crippen LogP) is 5.57. The maximum absolute atomic E-state index is 5.66. The van der Waals surface area contributed by atoms with Gasteiger partial charge in [-0.3, -0.25) is 0 Å². The third-order valence-corrected chi connectivity index (χ3v) is 7.13. The Balaban J connectivity index is 1.47. The molecule has 1 saturated heterocycles. The Hall–Kier alpha value is -1.20. The second-order valence-electron chi connectivity index (χ2n) is 7.38. The van der Waals surface area contributed by atoms with E-state index in [1.54, 1.807) is 0 Å². The molecule has 0 bridgehead atoms. The van der Waals surface area contributed by atoms with Crippen molar-refractivity contribution in [3.05, 3.63) is 29.3 Å². The maximum Gasteiger partial charge on any atom is 0.168 e. The predicted molar refractivity (Wildman–Crippen MR) is 117 cm³/mol. The smallest absolute Gasteiger partial charge is 0.168 e. The number of nitrogens with zero attached hydrogens (tertiary/aromatic N) is 2. The monoisotopic (exact) mass is 389 g/mol. The lowest BCUT2D eigenvalue weighted by Gasteiger charge is -2.33. The zero-order valence-electron chi connectivity index (χ0n) is 16.0. The van der Waals surface area contributed by atoms with E-state index in [-0.39, 0.29) is 0 Å². The summed E-state index contributed by atoms with van der Waals surface area (Å²) in [4.78, 5) is 7.21. The molecule has 26 heavy (non-hydrogen) atoms. The van der Waals surface area contributed by atoms with Gasteiger partial charge in [0.25, 0.3) is 0 Å². The molecular formula is C21H31N3S2. The summed E-state index contributed by atoms with van der Waals surface area (Å²) in [5.41, 5.74) is 1.14. The van der Waals surface area contributed by atoms with E-state index in [1.807, 2.05) is 11.3 Å². The zero-order chi connectivity index (χ0) is 18.4. The van der Waals surface area contributed by atoms with Gasteiger partial charge < -0.3 is 10.2 Å². The van der Waals surface area contributed by atoms with Crippen LogP contribution >= 0.6 is 23.6 Å². The van der Waals surface area contributed by atoms with Gasteiger partial charge in [0.1, 0.15) is 0 Å². The van der Waals surface area contributed by atoms with Crippen LogP contribution in [0.25, 0.3) is 10.2 Å². The summed E-state index contributed by atoms with van der Waals surface area (Å²) in [5.74, 6) is 1.33. The molecule has 3 rings (SSSR count). The van der Waals surface area contributed by atoms with Gasteiger partial charge in [-0.1, -0.05) is 45.2 Å². The number of rotatable bonds is 7. The van der Waals surface area contributed by atoms with Crippen LogP contribution in [-0.4, -0.2) is 34.6 Å². The highest BCUT2D eigenvalue weighted by molar-refractivity contribution is 7.80. The van der Waals surface area contributed by atoms with E-state index in [2.05, 4.69) is 48.3 Å². The second kappa shape index (κ2) is 9.65. The molecule has 5 heteroatoms. The Morgan fingerprint density at radius 2 is 2.08 bits per heavy atom. The van der Waals surface area contributed by atoms with Crippen LogP contribution in [0.2, 0.25) is 0 Å². The Bertz CT molecular complexity index is 671. The van der Waals surface area contributed by atoms with Crippen LogP contribution in [0.1, 0.15) is 63.3 Å². The number of benzene rings is 1. The SMILES string of the molecule is CCCC[C@@H](CC)CNC(=S)N1CCC(c2nc3ccccc3s2)CC1. The molecular weight excluding hydrogens is 358 g/mol. The average Bonchev–Trinajstić information content (AvgIpc) is 3.12. The second-order valence-corrected chi connectivity index (χ2v) is 8.83. The van der Waals surface area contributed by atoms with Gasteiger partial charge in [-0.05, 0) is 49.5 Å². The van der Waals surface area contributed by atoms with Gasteiger partial charge in [-0.2, -0.15) is 0 Å². The molecule has 0 unspecified atom stereocenters. The minimum absolute atomic E-state index is 0.583. The molecule has 1 N–H and O–H groups in total. The first-order valence-electron chi connectivity index (χ1n) is 10.1. The van der Waals surface area contributed by atoms with Crippen molar-refractivity contribution in [3.63, 3.8) is 0 Å². The van der Waals surface area contributed by atoms with Crippen LogP contribution in [0.3, 0.4) is 0 Å². The summed E-state index contributed by atoms with van der Waals surface area (Å²) in [5, 5.41) is 5.78. The first kappa shape index (κ1) is 19.6. The van der Waals surface area contributed by atoms with E-state index in [0.717, 1.165) is 49.0 Å². The number of thiocarbonyl (C=S) groups is 1. The third kappa shape index (κ3) is 4.95. The average molecular weight is 390 g/mol. The van der Waals surface area contributed by atoms with Crippen LogP contribution < -0.4 is 5.32 Å². The molecule has 2 aromatic rings. The standard InChI is InChI=1S/C21H31N3S2/c1-3-5-8-16(4-2)15-22-21(25)24-13-11-17(12-14-24)20-23-18-9-6-7-10-19(18)26-20/h6-7,9-10,16-17H,3-5,8,11-15H2,1-2H3,(H,22,25)/t16-/m1/s1. The summed E-state index contributed by atoms with van der Waals surface area (Å²) >= 11 is 7.52. The minimum Gasteiger partial charge on any atom is -0.362 e. The number of nitrogens with one attached hydrogen (secondary N) is 1. The zero-order valence-corrected chi connectivity index (χ0v) is 17.7. The van der Waals surface area contributed by atoms with Crippen molar-refractivity contribution < 1.29 is 0 Å². The molecule has 1 aromatic heterocycles. The number of aromatic nitrogens is 1. The van der Waals surface area contributed by atoms with E-state index in [4.69, 9.17) is 17.2 Å². The molecule has 1 fully saturated rings. The Kier molecular flexibility index (Phi) is 7.26. The van der Waals surface area contributed by atoms with Crippen molar-refractivity contribution >= 4 is 38.9 Å². The highest BCUT2D eigenvalue weighted by atomic mass is 32.1. The van der Waals surface area contributed by atoms with Gasteiger partial charge in [0.2, 0.25) is 0 Å². The normalized spacial score (nSPS) is 16.8. The lowest BCUT2D eigenvalue weighted by atomic mass is 9.97. The fourth-order valence-electron chi connectivity index (χ4n) is 3.68. The van der Waals surface area contributed by atoms with Crippen molar-refractivity contribution in [1.82, 2.24) is 15.2 Å². The fourth-order valence-corrected chi connectivity index (χ4v) is 5.08.